The predicted octanol–water partition coefficient (Wildman–Crippen LogP) is 7.19. The second-order valence-electron chi connectivity index (χ2n) is 10.1. The van der Waals surface area contributed by atoms with Gasteiger partial charge in [0.25, 0.3) is 0 Å². The minimum Gasteiger partial charge on any atom is -0.481 e. The number of aliphatic carboxylic acids is 1. The van der Waals surface area contributed by atoms with Crippen molar-refractivity contribution >= 4 is 50.0 Å². The lowest BCUT2D eigenvalue weighted by atomic mass is 9.93. The Balaban J connectivity index is 0.000000586. The van der Waals surface area contributed by atoms with E-state index in [0.29, 0.717) is 5.02 Å². The van der Waals surface area contributed by atoms with Crippen LogP contribution in [0.1, 0.15) is 37.6 Å². The minimum absolute atomic E-state index is 0.0484. The van der Waals surface area contributed by atoms with Gasteiger partial charge < -0.3 is 10.2 Å². The van der Waals surface area contributed by atoms with Crippen LogP contribution in [0.3, 0.4) is 0 Å². The van der Waals surface area contributed by atoms with Crippen LogP contribution in [0.5, 0.6) is 0 Å². The fourth-order valence-electron chi connectivity index (χ4n) is 4.23. The van der Waals surface area contributed by atoms with E-state index in [1.165, 1.54) is 0 Å². The van der Waals surface area contributed by atoms with Gasteiger partial charge >= 0.3 is 5.97 Å². The number of halogens is 1. The highest BCUT2D eigenvalue weighted by Gasteiger charge is 2.20. The summed E-state index contributed by atoms with van der Waals surface area (Å²) in [5.41, 5.74) is 7.01. The van der Waals surface area contributed by atoms with Crippen molar-refractivity contribution in [3.63, 3.8) is 0 Å². The van der Waals surface area contributed by atoms with Crippen molar-refractivity contribution in [2.24, 2.45) is 7.05 Å². The van der Waals surface area contributed by atoms with Gasteiger partial charge in [0.15, 0.2) is 0 Å². The maximum Gasteiger partial charge on any atom is 0.307 e. The SMILES string of the molecule is CC(C)(C)O.Cc1cc2nc(-c3ccc4c(C)nn(C)c4c3)sc2c(-c2ccc(Cl)cc2)c1CC(=O)O. The number of nitrogens with zero attached hydrogens (tertiary/aromatic N) is 3. The van der Waals surface area contributed by atoms with Crippen LogP contribution in [-0.4, -0.2) is 36.5 Å². The normalized spacial score (nSPS) is 11.6. The van der Waals surface area contributed by atoms with Gasteiger partial charge in [-0.25, -0.2) is 4.98 Å². The molecule has 6 nitrogen and oxygen atoms in total. The molecule has 0 atom stereocenters. The molecule has 0 aliphatic carbocycles. The second kappa shape index (κ2) is 10.2. The van der Waals surface area contributed by atoms with Crippen molar-refractivity contribution in [3.8, 4) is 21.7 Å². The highest BCUT2D eigenvalue weighted by molar-refractivity contribution is 7.22. The number of aryl methyl sites for hydroxylation is 3. The number of aromatic nitrogens is 3. The second-order valence-corrected chi connectivity index (χ2v) is 11.5. The largest absolute Gasteiger partial charge is 0.481 e. The highest BCUT2D eigenvalue weighted by atomic mass is 35.5. The van der Waals surface area contributed by atoms with Gasteiger partial charge in [0.1, 0.15) is 5.01 Å². The topological polar surface area (TPSA) is 88.2 Å². The smallest absolute Gasteiger partial charge is 0.307 e. The zero-order valence-electron chi connectivity index (χ0n) is 21.8. The Labute approximate surface area is 225 Å². The molecule has 5 aromatic rings. The van der Waals surface area contributed by atoms with Crippen LogP contribution in [0.25, 0.3) is 42.8 Å². The first-order chi connectivity index (χ1) is 17.3. The van der Waals surface area contributed by atoms with Crippen molar-refractivity contribution in [1.29, 1.82) is 0 Å². The maximum atomic E-state index is 11.6. The molecule has 3 aromatic carbocycles. The zero-order chi connectivity index (χ0) is 27.1. The standard InChI is InChI=1S/C25H20ClN3O2S.C4H10O/c1-13-10-20-24(23(19(13)12-22(30)31)15-4-7-17(26)8-5-15)32-25(27-20)16-6-9-18-14(2)28-29(3)21(18)11-16;1-4(2,3)5/h4-11H,12H2,1-3H3,(H,30,31);5H,1-3H3. The van der Waals surface area contributed by atoms with Gasteiger partial charge in [-0.15, -0.1) is 11.3 Å². The van der Waals surface area contributed by atoms with Crippen LogP contribution < -0.4 is 0 Å². The average molecular weight is 536 g/mol. The van der Waals surface area contributed by atoms with Crippen LogP contribution in [0.4, 0.5) is 0 Å². The molecule has 5 rings (SSSR count). The van der Waals surface area contributed by atoms with E-state index in [1.54, 1.807) is 32.1 Å². The van der Waals surface area contributed by atoms with Crippen LogP contribution >= 0.6 is 22.9 Å². The van der Waals surface area contributed by atoms with E-state index >= 15 is 0 Å². The number of carbonyl (C=O) groups is 1. The number of carboxylic acid groups (broad SMARTS) is 1. The molecule has 2 heterocycles. The van der Waals surface area contributed by atoms with E-state index in [9.17, 15) is 9.90 Å². The Kier molecular flexibility index (Phi) is 7.42. The number of fused-ring (bicyclic) bond motifs is 2. The Morgan fingerprint density at radius 3 is 2.30 bits per heavy atom. The number of hydrogen-bond donors (Lipinski definition) is 2. The lowest BCUT2D eigenvalue weighted by molar-refractivity contribution is -0.136. The van der Waals surface area contributed by atoms with Gasteiger partial charge in [0.05, 0.1) is 33.4 Å². The summed E-state index contributed by atoms with van der Waals surface area (Å²) in [5.74, 6) is -0.857. The molecule has 0 aliphatic rings. The quantitative estimate of drug-likeness (QED) is 0.254. The highest BCUT2D eigenvalue weighted by Crippen LogP contribution is 2.41. The first kappa shape index (κ1) is 26.8. The molecule has 0 unspecified atom stereocenters. The molecule has 0 aliphatic heterocycles. The fraction of sp³-hybridized carbons (Fsp3) is 0.276. The third-order valence-electron chi connectivity index (χ3n) is 5.76. The Hall–Kier alpha value is -3.26. The molecule has 8 heteroatoms. The summed E-state index contributed by atoms with van der Waals surface area (Å²) < 4.78 is 2.86. The molecular weight excluding hydrogens is 506 g/mol. The van der Waals surface area contributed by atoms with E-state index in [1.807, 2.05) is 55.9 Å². The van der Waals surface area contributed by atoms with Crippen molar-refractivity contribution in [3.05, 3.63) is 70.4 Å². The monoisotopic (exact) mass is 535 g/mol. The van der Waals surface area contributed by atoms with Crippen molar-refractivity contribution in [2.75, 3.05) is 0 Å². The summed E-state index contributed by atoms with van der Waals surface area (Å²) in [6.07, 6.45) is -0.0484. The molecule has 0 saturated heterocycles. The first-order valence-electron chi connectivity index (χ1n) is 11.9. The summed E-state index contributed by atoms with van der Waals surface area (Å²) in [6.45, 7) is 9.18. The number of thiazole rings is 1. The number of carboxylic acids is 1. The van der Waals surface area contributed by atoms with E-state index < -0.39 is 11.6 Å². The maximum absolute atomic E-state index is 11.6. The van der Waals surface area contributed by atoms with E-state index in [-0.39, 0.29) is 6.42 Å². The third kappa shape index (κ3) is 6.01. The number of rotatable bonds is 4. The molecule has 192 valence electrons. The molecule has 37 heavy (non-hydrogen) atoms. The number of aliphatic hydroxyl groups is 1. The summed E-state index contributed by atoms with van der Waals surface area (Å²) in [4.78, 5) is 16.6. The summed E-state index contributed by atoms with van der Waals surface area (Å²) in [6, 6.07) is 15.8. The molecule has 0 saturated carbocycles. The lowest BCUT2D eigenvalue weighted by Crippen LogP contribution is -2.10. The summed E-state index contributed by atoms with van der Waals surface area (Å²) >= 11 is 7.69. The average Bonchev–Trinajstić information content (AvgIpc) is 3.34. The number of hydrogen-bond acceptors (Lipinski definition) is 5. The molecule has 0 bridgehead atoms. The predicted molar refractivity (Wildman–Crippen MR) is 153 cm³/mol. The van der Waals surface area contributed by atoms with Crippen LogP contribution in [0.15, 0.2) is 48.5 Å². The summed E-state index contributed by atoms with van der Waals surface area (Å²) in [5, 5.41) is 25.2. The molecule has 2 aromatic heterocycles. The third-order valence-corrected chi connectivity index (χ3v) is 7.15. The van der Waals surface area contributed by atoms with Crippen LogP contribution in [0, 0.1) is 13.8 Å². The van der Waals surface area contributed by atoms with Crippen LogP contribution in [-0.2, 0) is 18.3 Å². The number of benzene rings is 3. The molecule has 2 N–H and O–H groups in total. The van der Waals surface area contributed by atoms with Gasteiger partial charge in [-0.05, 0) is 75.6 Å². The molecule has 0 amide bonds. The van der Waals surface area contributed by atoms with Crippen LogP contribution in [0.2, 0.25) is 5.02 Å². The van der Waals surface area contributed by atoms with Crippen molar-refractivity contribution < 1.29 is 15.0 Å². The lowest BCUT2D eigenvalue weighted by Gasteiger charge is -2.13. The Morgan fingerprint density at radius 2 is 1.68 bits per heavy atom. The van der Waals surface area contributed by atoms with Crippen molar-refractivity contribution in [2.45, 2.75) is 46.6 Å². The van der Waals surface area contributed by atoms with Gasteiger partial charge in [-0.3, -0.25) is 9.48 Å². The molecule has 0 fully saturated rings. The van der Waals surface area contributed by atoms with Gasteiger partial charge in [0, 0.05) is 28.6 Å². The summed E-state index contributed by atoms with van der Waals surface area (Å²) in [7, 11) is 1.94. The molecule has 0 radical (unpaired) electrons. The van der Waals surface area contributed by atoms with E-state index in [0.717, 1.165) is 59.6 Å². The fourth-order valence-corrected chi connectivity index (χ4v) is 5.49. The van der Waals surface area contributed by atoms with Crippen molar-refractivity contribution in [1.82, 2.24) is 14.8 Å². The Morgan fingerprint density at radius 1 is 1.05 bits per heavy atom. The van der Waals surface area contributed by atoms with E-state index in [4.69, 9.17) is 21.7 Å². The van der Waals surface area contributed by atoms with Gasteiger partial charge in [0.2, 0.25) is 0 Å². The van der Waals surface area contributed by atoms with Gasteiger partial charge in [-0.2, -0.15) is 5.10 Å². The molecule has 0 spiro atoms. The Bertz CT molecular complexity index is 1610. The molecular formula is C29H30ClN3O3S. The van der Waals surface area contributed by atoms with E-state index in [2.05, 4.69) is 23.3 Å². The minimum atomic E-state index is -0.857. The zero-order valence-corrected chi connectivity index (χ0v) is 23.3. The van der Waals surface area contributed by atoms with Gasteiger partial charge in [-0.1, -0.05) is 35.9 Å². The first-order valence-corrected chi connectivity index (χ1v) is 13.1.